The molecule has 0 spiro atoms. The molecule has 2 aliphatic heterocycles. The number of halogens is 1. The van der Waals surface area contributed by atoms with Crippen LogP contribution in [0.25, 0.3) is 0 Å². The number of nitrogens with zero attached hydrogens (tertiary/aromatic N) is 4. The Morgan fingerprint density at radius 3 is 2.68 bits per heavy atom. The van der Waals surface area contributed by atoms with Gasteiger partial charge in [-0.3, -0.25) is 0 Å². The molecule has 1 N–H and O–H groups in total. The van der Waals surface area contributed by atoms with Crippen molar-refractivity contribution in [2.75, 3.05) is 31.6 Å². The highest BCUT2D eigenvalue weighted by molar-refractivity contribution is 5.68. The zero-order valence-corrected chi connectivity index (χ0v) is 19.1. The quantitative estimate of drug-likeness (QED) is 0.711. The summed E-state index contributed by atoms with van der Waals surface area (Å²) in [5.74, 6) is -1.12. The molecule has 34 heavy (non-hydrogen) atoms. The van der Waals surface area contributed by atoms with Gasteiger partial charge >= 0.3 is 6.09 Å². The second-order valence-corrected chi connectivity index (χ2v) is 9.47. The van der Waals surface area contributed by atoms with Crippen LogP contribution in [0.4, 0.5) is 20.7 Å². The summed E-state index contributed by atoms with van der Waals surface area (Å²) in [6.07, 6.45) is 2.36. The summed E-state index contributed by atoms with van der Waals surface area (Å²) in [5.41, 5.74) is 1.58. The number of rotatable bonds is 5. The van der Waals surface area contributed by atoms with Crippen molar-refractivity contribution in [3.63, 3.8) is 0 Å². The molecule has 9 nitrogen and oxygen atoms in total. The Labute approximate surface area is 196 Å². The predicted octanol–water partition coefficient (Wildman–Crippen LogP) is 3.55. The number of nitrogens with one attached hydrogen (secondary N) is 1. The number of carbonyl (C=O) groups excluding carboxylic acids is 1. The van der Waals surface area contributed by atoms with Crippen molar-refractivity contribution in [3.8, 4) is 11.9 Å². The van der Waals surface area contributed by atoms with Gasteiger partial charge in [-0.05, 0) is 50.5 Å². The largest absolute Gasteiger partial charge is 0.471 e. The van der Waals surface area contributed by atoms with Gasteiger partial charge in [0.1, 0.15) is 18.0 Å². The number of aryl methyl sites for hydroxylation is 1. The van der Waals surface area contributed by atoms with Crippen molar-refractivity contribution < 1.29 is 23.4 Å². The Morgan fingerprint density at radius 1 is 1.29 bits per heavy atom. The number of fused-ring (bicyclic) bond motifs is 2. The Bertz CT molecular complexity index is 1130. The second kappa shape index (κ2) is 8.72. The monoisotopic (exact) mass is 467 g/mol. The fraction of sp³-hybridized carbons (Fsp3) is 0.500. The standard InChI is InChI=1S/C24H26FN5O4/c1-14-7-18(4-3-15(14)8-26)29-21-19(25)22(28-13-27-21)33-20-16-9-30(10-17(20)12-32-11-16)23(31)34-24(2)5-6-24/h3-4,7,13,16-17,20H,5-6,9-12H2,1-2H3,(H,27,28,29). The first-order chi connectivity index (χ1) is 16.3. The smallest absolute Gasteiger partial charge is 0.410 e. The molecule has 3 heterocycles. The first-order valence-electron chi connectivity index (χ1n) is 11.4. The number of likely N-dealkylation sites (tertiary alicyclic amines) is 1. The van der Waals surface area contributed by atoms with E-state index < -0.39 is 5.82 Å². The fourth-order valence-corrected chi connectivity index (χ4v) is 4.45. The molecule has 0 radical (unpaired) electrons. The van der Waals surface area contributed by atoms with E-state index in [1.807, 2.05) is 13.8 Å². The lowest BCUT2D eigenvalue weighted by atomic mass is 9.84. The number of hydrogen-bond donors (Lipinski definition) is 1. The molecule has 5 rings (SSSR count). The van der Waals surface area contributed by atoms with Crippen LogP contribution in [0, 0.1) is 35.9 Å². The molecule has 3 fully saturated rings. The van der Waals surface area contributed by atoms with Gasteiger partial charge in [-0.15, -0.1) is 0 Å². The summed E-state index contributed by atoms with van der Waals surface area (Å²) < 4.78 is 32.6. The van der Waals surface area contributed by atoms with E-state index in [0.717, 1.165) is 18.4 Å². The highest BCUT2D eigenvalue weighted by Crippen LogP contribution is 2.40. The molecule has 1 amide bonds. The molecule has 10 heteroatoms. The third kappa shape index (κ3) is 4.48. The Hall–Kier alpha value is -3.45. The topological polar surface area (TPSA) is 110 Å². The second-order valence-electron chi connectivity index (χ2n) is 9.47. The van der Waals surface area contributed by atoms with Gasteiger partial charge in [0, 0.05) is 30.6 Å². The van der Waals surface area contributed by atoms with Crippen LogP contribution in [0.15, 0.2) is 24.5 Å². The van der Waals surface area contributed by atoms with Crippen LogP contribution in [0.2, 0.25) is 0 Å². The summed E-state index contributed by atoms with van der Waals surface area (Å²) in [6.45, 7) is 5.39. The minimum Gasteiger partial charge on any atom is -0.471 e. The zero-order valence-electron chi connectivity index (χ0n) is 19.1. The maximum absolute atomic E-state index is 15.3. The van der Waals surface area contributed by atoms with Crippen LogP contribution in [0.5, 0.6) is 5.88 Å². The molecule has 1 aromatic carbocycles. The average molecular weight is 468 g/mol. The van der Waals surface area contributed by atoms with Gasteiger partial charge in [-0.25, -0.2) is 9.78 Å². The summed E-state index contributed by atoms with van der Waals surface area (Å²) in [4.78, 5) is 22.3. The number of anilines is 2. The molecule has 1 aromatic heterocycles. The molecular formula is C24H26FN5O4. The molecule has 3 aliphatic rings. The molecular weight excluding hydrogens is 441 g/mol. The van der Waals surface area contributed by atoms with Crippen LogP contribution < -0.4 is 10.1 Å². The van der Waals surface area contributed by atoms with Gasteiger partial charge in [0.2, 0.25) is 5.82 Å². The Balaban J connectivity index is 1.29. The highest BCUT2D eigenvalue weighted by Gasteiger charge is 2.47. The van der Waals surface area contributed by atoms with E-state index >= 15 is 4.39 Å². The van der Waals surface area contributed by atoms with Crippen molar-refractivity contribution >= 4 is 17.6 Å². The van der Waals surface area contributed by atoms with Gasteiger partial charge in [0.25, 0.3) is 5.88 Å². The third-order valence-corrected chi connectivity index (χ3v) is 6.66. The number of hydrogen-bond acceptors (Lipinski definition) is 8. The van der Waals surface area contributed by atoms with Gasteiger partial charge in [-0.1, -0.05) is 0 Å². The highest BCUT2D eigenvalue weighted by atomic mass is 19.1. The Morgan fingerprint density at radius 2 is 2.03 bits per heavy atom. The van der Waals surface area contributed by atoms with Crippen LogP contribution in [0.3, 0.4) is 0 Å². The number of carbonyl (C=O) groups is 1. The molecule has 178 valence electrons. The number of aromatic nitrogens is 2. The maximum atomic E-state index is 15.3. The maximum Gasteiger partial charge on any atom is 0.410 e. The predicted molar refractivity (Wildman–Crippen MR) is 119 cm³/mol. The molecule has 2 aromatic rings. The number of benzene rings is 1. The van der Waals surface area contributed by atoms with E-state index in [0.29, 0.717) is 37.6 Å². The SMILES string of the molecule is Cc1cc(Nc2ncnc(OC3C4COCC3CN(C(=O)OC3(C)CC3)C4)c2F)ccc1C#N. The van der Waals surface area contributed by atoms with Crippen LogP contribution >= 0.6 is 0 Å². The van der Waals surface area contributed by atoms with Crippen molar-refractivity contribution in [1.29, 1.82) is 5.26 Å². The number of piperidine rings is 1. The zero-order chi connectivity index (χ0) is 23.9. The first-order valence-corrected chi connectivity index (χ1v) is 11.4. The Kier molecular flexibility index (Phi) is 5.73. The van der Waals surface area contributed by atoms with E-state index in [4.69, 9.17) is 19.5 Å². The third-order valence-electron chi connectivity index (χ3n) is 6.66. The lowest BCUT2D eigenvalue weighted by Crippen LogP contribution is -2.59. The summed E-state index contributed by atoms with van der Waals surface area (Å²) in [5, 5.41) is 12.0. The summed E-state index contributed by atoms with van der Waals surface area (Å²) >= 11 is 0. The van der Waals surface area contributed by atoms with Crippen molar-refractivity contribution in [2.45, 2.75) is 38.4 Å². The molecule has 1 aliphatic carbocycles. The van der Waals surface area contributed by atoms with E-state index in [9.17, 15) is 4.79 Å². The minimum atomic E-state index is -0.702. The fourth-order valence-electron chi connectivity index (χ4n) is 4.45. The number of nitriles is 1. The van der Waals surface area contributed by atoms with Gasteiger partial charge in [0.05, 0.1) is 24.8 Å². The molecule has 2 saturated heterocycles. The lowest BCUT2D eigenvalue weighted by Gasteiger charge is -2.46. The molecule has 2 unspecified atom stereocenters. The van der Waals surface area contributed by atoms with Crippen molar-refractivity contribution in [1.82, 2.24) is 14.9 Å². The number of amides is 1. The van der Waals surface area contributed by atoms with Gasteiger partial charge in [-0.2, -0.15) is 14.6 Å². The van der Waals surface area contributed by atoms with Crippen LogP contribution in [0.1, 0.15) is 30.9 Å². The van der Waals surface area contributed by atoms with Crippen LogP contribution in [-0.4, -0.2) is 59.0 Å². The average Bonchev–Trinajstić information content (AvgIpc) is 3.52. The van der Waals surface area contributed by atoms with E-state index in [1.165, 1.54) is 6.33 Å². The van der Waals surface area contributed by atoms with E-state index in [2.05, 4.69) is 21.4 Å². The molecule has 2 bridgehead atoms. The van der Waals surface area contributed by atoms with Gasteiger partial charge in [0.15, 0.2) is 5.82 Å². The first kappa shape index (κ1) is 22.3. The van der Waals surface area contributed by atoms with Crippen molar-refractivity contribution in [2.24, 2.45) is 11.8 Å². The van der Waals surface area contributed by atoms with E-state index in [-0.39, 0.29) is 41.3 Å². The van der Waals surface area contributed by atoms with Crippen LogP contribution in [-0.2, 0) is 9.47 Å². The van der Waals surface area contributed by atoms with E-state index in [1.54, 1.807) is 23.1 Å². The summed E-state index contributed by atoms with van der Waals surface area (Å²) in [7, 11) is 0. The lowest BCUT2D eigenvalue weighted by molar-refractivity contribution is -0.112. The minimum absolute atomic E-state index is 0.0193. The van der Waals surface area contributed by atoms with Gasteiger partial charge < -0.3 is 24.4 Å². The summed E-state index contributed by atoms with van der Waals surface area (Å²) in [6, 6.07) is 7.21. The normalized spacial score (nSPS) is 24.6. The molecule has 2 atom stereocenters. The van der Waals surface area contributed by atoms with Crippen molar-refractivity contribution in [3.05, 3.63) is 41.5 Å². The molecule has 1 saturated carbocycles. The number of ether oxygens (including phenoxy) is 3.